The van der Waals surface area contributed by atoms with E-state index in [9.17, 15) is 9.59 Å². The fourth-order valence-electron chi connectivity index (χ4n) is 1.61. The zero-order valence-electron chi connectivity index (χ0n) is 9.97. The molecule has 0 bridgehead atoms. The fourth-order valence-corrected chi connectivity index (χ4v) is 2.44. The molecule has 0 fully saturated rings. The molecule has 0 aromatic carbocycles. The molecule has 0 aliphatic heterocycles. The largest absolute Gasteiger partial charge is 0.481 e. The Balaban J connectivity index is 2.65. The summed E-state index contributed by atoms with van der Waals surface area (Å²) in [6, 6.07) is 3.83. The molecule has 1 amide bonds. The van der Waals surface area contributed by atoms with Gasteiger partial charge in [0.1, 0.15) is 0 Å². The van der Waals surface area contributed by atoms with Crippen LogP contribution in [0.1, 0.15) is 37.5 Å². The molecule has 2 N–H and O–H groups in total. The molecule has 0 saturated carbocycles. The number of amides is 1. The third-order valence-corrected chi connectivity index (χ3v) is 3.28. The van der Waals surface area contributed by atoms with Gasteiger partial charge in [0.2, 0.25) is 5.91 Å². The highest BCUT2D eigenvalue weighted by molar-refractivity contribution is 7.10. The summed E-state index contributed by atoms with van der Waals surface area (Å²) in [6.07, 6.45) is 0.219. The van der Waals surface area contributed by atoms with Crippen LogP contribution in [0.5, 0.6) is 0 Å². The number of carbonyl (C=O) groups excluding carboxylic acids is 1. The molecule has 0 aliphatic rings. The van der Waals surface area contributed by atoms with E-state index in [4.69, 9.17) is 5.11 Å². The second-order valence-corrected chi connectivity index (χ2v) is 5.22. The van der Waals surface area contributed by atoms with Crippen molar-refractivity contribution in [2.75, 3.05) is 0 Å². The molecule has 1 rings (SSSR count). The zero-order valence-corrected chi connectivity index (χ0v) is 10.8. The van der Waals surface area contributed by atoms with Crippen molar-refractivity contribution >= 4 is 23.2 Å². The molecule has 94 valence electrons. The monoisotopic (exact) mass is 255 g/mol. The molecule has 1 heterocycles. The smallest absolute Gasteiger partial charge is 0.304 e. The predicted molar refractivity (Wildman–Crippen MR) is 67.2 cm³/mol. The second kappa shape index (κ2) is 6.39. The van der Waals surface area contributed by atoms with Gasteiger partial charge in [-0.2, -0.15) is 0 Å². The Morgan fingerprint density at radius 1 is 1.41 bits per heavy atom. The zero-order chi connectivity index (χ0) is 12.8. The molecule has 1 atom stereocenters. The first-order valence-electron chi connectivity index (χ1n) is 5.53. The van der Waals surface area contributed by atoms with Gasteiger partial charge in [-0.3, -0.25) is 9.59 Å². The van der Waals surface area contributed by atoms with Gasteiger partial charge in [0.25, 0.3) is 0 Å². The van der Waals surface area contributed by atoms with Crippen LogP contribution in [0.4, 0.5) is 0 Å². The number of rotatable bonds is 6. The van der Waals surface area contributed by atoms with Gasteiger partial charge in [-0.1, -0.05) is 6.07 Å². The minimum Gasteiger partial charge on any atom is -0.481 e. The lowest BCUT2D eigenvalue weighted by Crippen LogP contribution is -2.31. The summed E-state index contributed by atoms with van der Waals surface area (Å²) in [5.41, 5.74) is 0. The number of carboxylic acids is 1. The van der Waals surface area contributed by atoms with Crippen LogP contribution in [0, 0.1) is 0 Å². The summed E-state index contributed by atoms with van der Waals surface area (Å²) >= 11 is 1.49. The molecule has 4 nitrogen and oxygen atoms in total. The van der Waals surface area contributed by atoms with Gasteiger partial charge < -0.3 is 10.4 Å². The minimum absolute atomic E-state index is 0.00791. The topological polar surface area (TPSA) is 66.4 Å². The number of carboxylic acid groups (broad SMARTS) is 1. The number of thiophene rings is 1. The van der Waals surface area contributed by atoms with Gasteiger partial charge in [0, 0.05) is 23.3 Å². The van der Waals surface area contributed by atoms with Crippen LogP contribution in [-0.4, -0.2) is 23.0 Å². The SMILES string of the molecule is CC(C)NC(=O)CC(CC(=O)O)c1cccs1. The molecule has 0 radical (unpaired) electrons. The average Bonchev–Trinajstić information content (AvgIpc) is 2.66. The van der Waals surface area contributed by atoms with E-state index in [2.05, 4.69) is 5.32 Å². The Morgan fingerprint density at radius 2 is 2.12 bits per heavy atom. The standard InChI is InChI=1S/C12H17NO3S/c1-8(2)13-11(14)6-9(7-12(15)16)10-4-3-5-17-10/h3-5,8-9H,6-7H2,1-2H3,(H,13,14)(H,15,16). The van der Waals surface area contributed by atoms with Crippen molar-refractivity contribution in [2.45, 2.75) is 38.6 Å². The van der Waals surface area contributed by atoms with Crippen LogP contribution >= 0.6 is 11.3 Å². The van der Waals surface area contributed by atoms with Crippen molar-refractivity contribution in [3.63, 3.8) is 0 Å². The average molecular weight is 255 g/mol. The molecule has 1 aromatic heterocycles. The molecule has 0 spiro atoms. The van der Waals surface area contributed by atoms with Gasteiger partial charge in [-0.05, 0) is 25.3 Å². The third-order valence-electron chi connectivity index (χ3n) is 2.25. The lowest BCUT2D eigenvalue weighted by Gasteiger charge is -2.14. The van der Waals surface area contributed by atoms with E-state index in [0.29, 0.717) is 0 Å². The first-order valence-corrected chi connectivity index (χ1v) is 6.41. The van der Waals surface area contributed by atoms with Gasteiger partial charge in [-0.15, -0.1) is 11.3 Å². The van der Waals surface area contributed by atoms with E-state index in [0.717, 1.165) is 4.88 Å². The highest BCUT2D eigenvalue weighted by Crippen LogP contribution is 2.27. The first kappa shape index (κ1) is 13.7. The summed E-state index contributed by atoms with van der Waals surface area (Å²) in [4.78, 5) is 23.4. The third kappa shape index (κ3) is 4.99. The van der Waals surface area contributed by atoms with Crippen molar-refractivity contribution in [3.05, 3.63) is 22.4 Å². The Bertz CT molecular complexity index is 373. The maximum absolute atomic E-state index is 11.6. The quantitative estimate of drug-likeness (QED) is 0.819. The molecule has 0 saturated heterocycles. The maximum atomic E-state index is 11.6. The van der Waals surface area contributed by atoms with Gasteiger partial charge in [0.15, 0.2) is 0 Å². The van der Waals surface area contributed by atoms with Crippen LogP contribution in [-0.2, 0) is 9.59 Å². The van der Waals surface area contributed by atoms with Crippen LogP contribution in [0.3, 0.4) is 0 Å². The molecule has 1 aromatic rings. The van der Waals surface area contributed by atoms with E-state index in [1.165, 1.54) is 11.3 Å². The van der Waals surface area contributed by atoms with E-state index >= 15 is 0 Å². The van der Waals surface area contributed by atoms with Crippen LogP contribution < -0.4 is 5.32 Å². The number of hydrogen-bond acceptors (Lipinski definition) is 3. The van der Waals surface area contributed by atoms with Crippen LogP contribution in [0.25, 0.3) is 0 Å². The highest BCUT2D eigenvalue weighted by Gasteiger charge is 2.20. The lowest BCUT2D eigenvalue weighted by atomic mass is 9.99. The normalized spacial score (nSPS) is 12.4. The molecular weight excluding hydrogens is 238 g/mol. The Hall–Kier alpha value is -1.36. The lowest BCUT2D eigenvalue weighted by molar-refractivity contribution is -0.137. The fraction of sp³-hybridized carbons (Fsp3) is 0.500. The molecular formula is C12H17NO3S. The predicted octanol–water partition coefficient (Wildman–Crippen LogP) is 2.22. The molecule has 17 heavy (non-hydrogen) atoms. The van der Waals surface area contributed by atoms with E-state index in [-0.39, 0.29) is 30.7 Å². The van der Waals surface area contributed by atoms with Crippen molar-refractivity contribution in [1.82, 2.24) is 5.32 Å². The Labute approximate surface area is 105 Å². The van der Waals surface area contributed by atoms with E-state index in [1.54, 1.807) is 0 Å². The second-order valence-electron chi connectivity index (χ2n) is 4.24. The maximum Gasteiger partial charge on any atom is 0.304 e. The summed E-state index contributed by atoms with van der Waals surface area (Å²) in [5, 5.41) is 13.5. The summed E-state index contributed by atoms with van der Waals surface area (Å²) in [6.45, 7) is 3.77. The van der Waals surface area contributed by atoms with Gasteiger partial charge >= 0.3 is 5.97 Å². The van der Waals surface area contributed by atoms with Gasteiger partial charge in [0.05, 0.1) is 6.42 Å². The minimum atomic E-state index is -0.874. The number of hydrogen-bond donors (Lipinski definition) is 2. The van der Waals surface area contributed by atoms with E-state index < -0.39 is 5.97 Å². The summed E-state index contributed by atoms with van der Waals surface area (Å²) in [7, 11) is 0. The van der Waals surface area contributed by atoms with Crippen molar-refractivity contribution < 1.29 is 14.7 Å². The Kier molecular flexibility index (Phi) is 5.15. The summed E-state index contributed by atoms with van der Waals surface area (Å²) < 4.78 is 0. The first-order chi connectivity index (χ1) is 7.99. The highest BCUT2D eigenvalue weighted by atomic mass is 32.1. The van der Waals surface area contributed by atoms with Crippen molar-refractivity contribution in [3.8, 4) is 0 Å². The number of nitrogens with one attached hydrogen (secondary N) is 1. The van der Waals surface area contributed by atoms with Crippen LogP contribution in [0.2, 0.25) is 0 Å². The summed E-state index contributed by atoms with van der Waals surface area (Å²) in [5.74, 6) is -1.20. The number of aliphatic carboxylic acids is 1. The van der Waals surface area contributed by atoms with Gasteiger partial charge in [-0.25, -0.2) is 0 Å². The van der Waals surface area contributed by atoms with Crippen molar-refractivity contribution in [2.24, 2.45) is 0 Å². The van der Waals surface area contributed by atoms with E-state index in [1.807, 2.05) is 31.4 Å². The van der Waals surface area contributed by atoms with Crippen molar-refractivity contribution in [1.29, 1.82) is 0 Å². The number of carbonyl (C=O) groups is 2. The Morgan fingerprint density at radius 3 is 2.59 bits per heavy atom. The molecule has 5 heteroatoms. The molecule has 1 unspecified atom stereocenters. The van der Waals surface area contributed by atoms with Crippen LogP contribution in [0.15, 0.2) is 17.5 Å². The molecule has 0 aliphatic carbocycles.